The van der Waals surface area contributed by atoms with Gasteiger partial charge in [-0.1, -0.05) is 0 Å². The highest BCUT2D eigenvalue weighted by molar-refractivity contribution is 5.76. The smallest absolute Gasteiger partial charge is 0.242 e. The van der Waals surface area contributed by atoms with Crippen molar-refractivity contribution in [2.75, 3.05) is 13.7 Å². The van der Waals surface area contributed by atoms with E-state index in [9.17, 15) is 4.79 Å². The van der Waals surface area contributed by atoms with Crippen LogP contribution in [0.25, 0.3) is 11.4 Å². The number of carbonyl (C=O) groups excluding carboxylic acids is 1. The van der Waals surface area contributed by atoms with Gasteiger partial charge in [0.1, 0.15) is 18.1 Å². The third-order valence-electron chi connectivity index (χ3n) is 4.43. The number of imidazole rings is 2. The van der Waals surface area contributed by atoms with Crippen LogP contribution in [-0.2, 0) is 24.3 Å². The molecular weight excluding hydrogens is 318 g/mol. The van der Waals surface area contributed by atoms with Crippen molar-refractivity contribution >= 4 is 5.91 Å². The second kappa shape index (κ2) is 6.43. The minimum Gasteiger partial charge on any atom is -0.497 e. The number of benzene rings is 1. The summed E-state index contributed by atoms with van der Waals surface area (Å²) in [6, 6.07) is 7.78. The summed E-state index contributed by atoms with van der Waals surface area (Å²) < 4.78 is 6.97. The molecule has 1 N–H and O–H groups in total. The number of H-pyrrole nitrogens is 1. The number of fused-ring (bicyclic) bond motifs is 1. The summed E-state index contributed by atoms with van der Waals surface area (Å²) in [5.74, 6) is 1.73. The fourth-order valence-electron chi connectivity index (χ4n) is 3.03. The van der Waals surface area contributed by atoms with Crippen LogP contribution >= 0.6 is 0 Å². The molecule has 1 aliphatic heterocycles. The van der Waals surface area contributed by atoms with Gasteiger partial charge >= 0.3 is 0 Å². The van der Waals surface area contributed by atoms with E-state index in [2.05, 4.69) is 9.97 Å². The molecule has 0 saturated heterocycles. The molecule has 1 amide bonds. The van der Waals surface area contributed by atoms with Gasteiger partial charge in [0.15, 0.2) is 0 Å². The van der Waals surface area contributed by atoms with Crippen molar-refractivity contribution in [3.63, 3.8) is 0 Å². The Morgan fingerprint density at radius 3 is 2.88 bits per heavy atom. The lowest BCUT2D eigenvalue weighted by Crippen LogP contribution is -2.37. The number of nitrogens with zero attached hydrogens (tertiary/aromatic N) is 4. The normalized spacial score (nSPS) is 13.6. The maximum absolute atomic E-state index is 12.5. The van der Waals surface area contributed by atoms with E-state index in [-0.39, 0.29) is 5.91 Å². The Labute approximate surface area is 145 Å². The van der Waals surface area contributed by atoms with Gasteiger partial charge in [0, 0.05) is 30.9 Å². The molecule has 7 heteroatoms. The van der Waals surface area contributed by atoms with Crippen LogP contribution in [0, 0.1) is 0 Å². The summed E-state index contributed by atoms with van der Waals surface area (Å²) >= 11 is 0. The predicted octanol–water partition coefficient (Wildman–Crippen LogP) is 1.87. The summed E-state index contributed by atoms with van der Waals surface area (Å²) in [6.45, 7) is 1.56. The number of methoxy groups -OCH3 is 1. The van der Waals surface area contributed by atoms with E-state index in [1.807, 2.05) is 29.2 Å². The molecule has 1 aromatic carbocycles. The summed E-state index contributed by atoms with van der Waals surface area (Å²) in [5.41, 5.74) is 3.06. The highest BCUT2D eigenvalue weighted by Gasteiger charge is 2.24. The van der Waals surface area contributed by atoms with Crippen molar-refractivity contribution in [2.45, 2.75) is 19.5 Å². The minimum atomic E-state index is 0.0873. The number of rotatable bonds is 4. The predicted molar refractivity (Wildman–Crippen MR) is 91.9 cm³/mol. The molecule has 3 aromatic rings. The molecule has 3 heterocycles. The van der Waals surface area contributed by atoms with E-state index in [4.69, 9.17) is 9.72 Å². The maximum Gasteiger partial charge on any atom is 0.242 e. The van der Waals surface area contributed by atoms with Crippen LogP contribution in [0.4, 0.5) is 0 Å². The SMILES string of the molecule is COc1ccc(-c2nc3c([nH]2)CN(C(=O)Cn2ccnc2)CC3)cc1. The number of amides is 1. The van der Waals surface area contributed by atoms with Gasteiger partial charge in [-0.25, -0.2) is 9.97 Å². The molecule has 0 radical (unpaired) electrons. The largest absolute Gasteiger partial charge is 0.497 e. The van der Waals surface area contributed by atoms with E-state index in [0.29, 0.717) is 19.6 Å². The second-order valence-electron chi connectivity index (χ2n) is 6.04. The fraction of sp³-hybridized carbons (Fsp3) is 0.278. The molecule has 0 atom stereocenters. The molecule has 25 heavy (non-hydrogen) atoms. The zero-order valence-electron chi connectivity index (χ0n) is 14.0. The van der Waals surface area contributed by atoms with E-state index < -0.39 is 0 Å². The third kappa shape index (κ3) is 3.13. The van der Waals surface area contributed by atoms with E-state index in [1.165, 1.54) is 0 Å². The van der Waals surface area contributed by atoms with Crippen LogP contribution in [-0.4, -0.2) is 44.0 Å². The summed E-state index contributed by atoms with van der Waals surface area (Å²) in [4.78, 5) is 26.3. The van der Waals surface area contributed by atoms with Gasteiger partial charge in [0.2, 0.25) is 5.91 Å². The van der Waals surface area contributed by atoms with E-state index in [1.54, 1.807) is 30.4 Å². The minimum absolute atomic E-state index is 0.0873. The maximum atomic E-state index is 12.5. The van der Waals surface area contributed by atoms with Crippen LogP contribution in [0.5, 0.6) is 5.75 Å². The first-order valence-corrected chi connectivity index (χ1v) is 8.18. The van der Waals surface area contributed by atoms with Crippen LogP contribution in [0.1, 0.15) is 11.4 Å². The van der Waals surface area contributed by atoms with Crippen molar-refractivity contribution in [3.05, 3.63) is 54.4 Å². The Hall–Kier alpha value is -3.09. The lowest BCUT2D eigenvalue weighted by molar-refractivity contribution is -0.132. The number of carbonyl (C=O) groups is 1. The van der Waals surface area contributed by atoms with Gasteiger partial charge in [-0.2, -0.15) is 0 Å². The number of hydrogen-bond donors (Lipinski definition) is 1. The van der Waals surface area contributed by atoms with Crippen molar-refractivity contribution in [3.8, 4) is 17.1 Å². The van der Waals surface area contributed by atoms with Crippen molar-refractivity contribution in [1.29, 1.82) is 0 Å². The lowest BCUT2D eigenvalue weighted by Gasteiger charge is -2.26. The van der Waals surface area contributed by atoms with Crippen molar-refractivity contribution in [1.82, 2.24) is 24.4 Å². The van der Waals surface area contributed by atoms with Gasteiger partial charge < -0.3 is 19.2 Å². The van der Waals surface area contributed by atoms with Gasteiger partial charge in [-0.05, 0) is 24.3 Å². The molecule has 4 rings (SSSR count). The number of aromatic nitrogens is 4. The Balaban J connectivity index is 1.49. The number of ether oxygens (including phenoxy) is 1. The first kappa shape index (κ1) is 15.4. The zero-order chi connectivity index (χ0) is 17.2. The molecule has 0 unspecified atom stereocenters. The fourth-order valence-corrected chi connectivity index (χ4v) is 3.03. The van der Waals surface area contributed by atoms with E-state index in [0.717, 1.165) is 34.9 Å². The summed E-state index contributed by atoms with van der Waals surface area (Å²) in [5, 5.41) is 0. The van der Waals surface area contributed by atoms with Crippen LogP contribution in [0.15, 0.2) is 43.0 Å². The quantitative estimate of drug-likeness (QED) is 0.788. The molecule has 0 aliphatic carbocycles. The highest BCUT2D eigenvalue weighted by atomic mass is 16.5. The molecule has 0 bridgehead atoms. The highest BCUT2D eigenvalue weighted by Crippen LogP contribution is 2.24. The topological polar surface area (TPSA) is 76.0 Å². The lowest BCUT2D eigenvalue weighted by atomic mass is 10.1. The van der Waals surface area contributed by atoms with Crippen molar-refractivity contribution in [2.24, 2.45) is 0 Å². The first-order valence-electron chi connectivity index (χ1n) is 8.18. The van der Waals surface area contributed by atoms with Crippen molar-refractivity contribution < 1.29 is 9.53 Å². The van der Waals surface area contributed by atoms with Gasteiger partial charge in [0.25, 0.3) is 0 Å². The zero-order valence-corrected chi connectivity index (χ0v) is 14.0. The number of nitrogens with one attached hydrogen (secondary N) is 1. The molecule has 128 valence electrons. The van der Waals surface area contributed by atoms with Crippen LogP contribution in [0.3, 0.4) is 0 Å². The van der Waals surface area contributed by atoms with Crippen LogP contribution < -0.4 is 4.74 Å². The third-order valence-corrected chi connectivity index (χ3v) is 4.43. The Morgan fingerprint density at radius 2 is 2.16 bits per heavy atom. The van der Waals surface area contributed by atoms with Gasteiger partial charge in [-0.3, -0.25) is 4.79 Å². The molecule has 2 aromatic heterocycles. The van der Waals surface area contributed by atoms with Gasteiger partial charge in [0.05, 0.1) is 31.4 Å². The summed E-state index contributed by atoms with van der Waals surface area (Å²) in [6.07, 6.45) is 5.89. The van der Waals surface area contributed by atoms with Gasteiger partial charge in [-0.15, -0.1) is 0 Å². The molecule has 7 nitrogen and oxygen atoms in total. The average Bonchev–Trinajstić information content (AvgIpc) is 3.30. The Kier molecular flexibility index (Phi) is 3.97. The second-order valence-corrected chi connectivity index (χ2v) is 6.04. The first-order chi connectivity index (χ1) is 12.2. The Morgan fingerprint density at radius 1 is 1.32 bits per heavy atom. The van der Waals surface area contributed by atoms with E-state index >= 15 is 0 Å². The molecule has 0 fully saturated rings. The molecular formula is C18H19N5O2. The molecule has 1 aliphatic rings. The van der Waals surface area contributed by atoms with Crippen LogP contribution in [0.2, 0.25) is 0 Å². The standard InChI is InChI=1S/C18H19N5O2/c1-25-14-4-2-13(3-5-14)18-20-15-6-8-23(10-16(15)21-18)17(24)11-22-9-7-19-12-22/h2-5,7,9,12H,6,8,10-11H2,1H3,(H,20,21). The number of hydrogen-bond acceptors (Lipinski definition) is 4. The molecule has 0 spiro atoms. The summed E-state index contributed by atoms with van der Waals surface area (Å²) in [7, 11) is 1.65. The number of aromatic amines is 1. The average molecular weight is 337 g/mol. The Bertz CT molecular complexity index is 868. The monoisotopic (exact) mass is 337 g/mol. The molecule has 0 saturated carbocycles.